The first-order chi connectivity index (χ1) is 36.8. The Kier molecular flexibility index (Phi) is 13.5. The summed E-state index contributed by atoms with van der Waals surface area (Å²) in [6.45, 7) is 8.45. The van der Waals surface area contributed by atoms with Crippen molar-refractivity contribution in [1.82, 2.24) is 15.0 Å². The van der Waals surface area contributed by atoms with Gasteiger partial charge < -0.3 is 5.73 Å². The number of aryl methyl sites for hydroxylation is 3. The highest BCUT2D eigenvalue weighted by molar-refractivity contribution is 6.08. The molecule has 3 heterocycles. The third-order valence-electron chi connectivity index (χ3n) is 14.1. The number of rotatable bonds is 9. The molecule has 0 saturated heterocycles. The van der Waals surface area contributed by atoms with Gasteiger partial charge in [0, 0.05) is 93.1 Å². The minimum absolute atomic E-state index is 0.899. The number of nitrogens with two attached hydrogens (primary N) is 1. The molecule has 0 aliphatic heterocycles. The molecule has 0 spiro atoms. The van der Waals surface area contributed by atoms with Crippen molar-refractivity contribution in [3.63, 3.8) is 0 Å². The van der Waals surface area contributed by atoms with Gasteiger partial charge in [0.15, 0.2) is 0 Å². The van der Waals surface area contributed by atoms with Gasteiger partial charge in [0.2, 0.25) is 0 Å². The smallest absolute Gasteiger partial charge is 0.0662 e. The van der Waals surface area contributed by atoms with E-state index >= 15 is 0 Å². The molecule has 12 aromatic rings. The number of aromatic nitrogens is 3. The molecule has 9 aromatic carbocycles. The van der Waals surface area contributed by atoms with Crippen molar-refractivity contribution in [3.05, 3.63) is 283 Å². The monoisotopic (exact) mass is 965 g/mol. The van der Waals surface area contributed by atoms with Gasteiger partial charge in [-0.15, -0.1) is 0 Å². The second-order valence-corrected chi connectivity index (χ2v) is 19.1. The number of aliphatic imine (C=N–C) groups is 1. The minimum Gasteiger partial charge on any atom is -0.404 e. The Bertz CT molecular complexity index is 4020. The first-order valence-electron chi connectivity index (χ1n) is 25.4. The van der Waals surface area contributed by atoms with Gasteiger partial charge in [-0.25, -0.2) is 0 Å². The summed E-state index contributed by atoms with van der Waals surface area (Å²) in [4.78, 5) is 19.5. The molecular weight excluding hydrogens is 911 g/mol. The summed E-state index contributed by atoms with van der Waals surface area (Å²) >= 11 is 0. The Hall–Kier alpha value is -9.58. The zero-order valence-electron chi connectivity index (χ0n) is 42.5. The van der Waals surface area contributed by atoms with Crippen LogP contribution in [0.25, 0.3) is 93.5 Å². The van der Waals surface area contributed by atoms with Gasteiger partial charge in [0.1, 0.15) is 0 Å². The molecule has 5 nitrogen and oxygen atoms in total. The third kappa shape index (κ3) is 10.0. The lowest BCUT2D eigenvalue weighted by atomic mass is 9.86. The lowest BCUT2D eigenvalue weighted by Gasteiger charge is -2.19. The number of pyridine rings is 3. The summed E-state index contributed by atoms with van der Waals surface area (Å²) in [5, 5.41) is 6.69. The molecule has 75 heavy (non-hydrogen) atoms. The SMILES string of the molecule is CC(=Nc1ccccc1C)c1cc(-c2cc(-c3cncc4ccccc34)cc(-c3cncc4ccccc34)c2)ccc1-c1cc(/C(=C/N)c2ccccc2C)cc(-c2cncc3ccccc23)c1.Cc1ccccc1. The van der Waals surface area contributed by atoms with E-state index < -0.39 is 0 Å². The average molecular weight is 966 g/mol. The van der Waals surface area contributed by atoms with Gasteiger partial charge in [0.05, 0.1) is 5.69 Å². The van der Waals surface area contributed by atoms with Gasteiger partial charge >= 0.3 is 0 Å². The predicted molar refractivity (Wildman–Crippen MR) is 316 cm³/mol. The maximum Gasteiger partial charge on any atom is 0.0662 e. The first-order valence-corrected chi connectivity index (χ1v) is 25.4. The Labute approximate surface area is 439 Å². The van der Waals surface area contributed by atoms with Gasteiger partial charge in [-0.2, -0.15) is 0 Å². The van der Waals surface area contributed by atoms with Crippen LogP contribution in [0.3, 0.4) is 0 Å². The largest absolute Gasteiger partial charge is 0.404 e. The lowest BCUT2D eigenvalue weighted by Crippen LogP contribution is -2.01. The first kappa shape index (κ1) is 47.7. The van der Waals surface area contributed by atoms with Crippen LogP contribution in [0, 0.1) is 20.8 Å². The number of para-hydroxylation sites is 1. The summed E-state index contributed by atoms with van der Waals surface area (Å²) in [5.41, 5.74) is 26.7. The Morgan fingerprint density at radius 1 is 0.387 bits per heavy atom. The van der Waals surface area contributed by atoms with Crippen LogP contribution in [-0.2, 0) is 0 Å². The number of hydrogen-bond acceptors (Lipinski definition) is 5. The number of fused-ring (bicyclic) bond motifs is 3. The van der Waals surface area contributed by atoms with Crippen LogP contribution in [0.4, 0.5) is 5.69 Å². The fourth-order valence-electron chi connectivity index (χ4n) is 10.2. The van der Waals surface area contributed by atoms with Crippen molar-refractivity contribution in [2.45, 2.75) is 27.7 Å². The quantitative estimate of drug-likeness (QED) is 0.146. The average Bonchev–Trinajstić information content (AvgIpc) is 3.46. The molecule has 0 aliphatic rings. The molecule has 0 aliphatic carbocycles. The maximum absolute atomic E-state index is 6.60. The highest BCUT2D eigenvalue weighted by atomic mass is 14.7. The van der Waals surface area contributed by atoms with E-state index in [0.717, 1.165) is 133 Å². The van der Waals surface area contributed by atoms with Crippen molar-refractivity contribution in [1.29, 1.82) is 0 Å². The van der Waals surface area contributed by atoms with Crippen LogP contribution < -0.4 is 5.73 Å². The topological polar surface area (TPSA) is 77.0 Å². The summed E-state index contributed by atoms with van der Waals surface area (Å²) in [6.07, 6.45) is 13.5. The van der Waals surface area contributed by atoms with Gasteiger partial charge in [-0.3, -0.25) is 19.9 Å². The molecule has 360 valence electrons. The van der Waals surface area contributed by atoms with E-state index in [9.17, 15) is 0 Å². The normalized spacial score (nSPS) is 11.7. The van der Waals surface area contributed by atoms with Crippen molar-refractivity contribution in [3.8, 4) is 55.6 Å². The maximum atomic E-state index is 6.60. The van der Waals surface area contributed by atoms with Crippen molar-refractivity contribution >= 4 is 49.3 Å². The Morgan fingerprint density at radius 3 is 1.35 bits per heavy atom. The second kappa shape index (κ2) is 21.3. The van der Waals surface area contributed by atoms with Crippen molar-refractivity contribution < 1.29 is 0 Å². The van der Waals surface area contributed by atoms with Crippen molar-refractivity contribution in [2.75, 3.05) is 0 Å². The van der Waals surface area contributed by atoms with Crippen LogP contribution in [0.15, 0.2) is 255 Å². The fraction of sp³-hybridized carbons (Fsp3) is 0.0571. The summed E-state index contributed by atoms with van der Waals surface area (Å²) in [5.74, 6) is 0. The van der Waals surface area contributed by atoms with Gasteiger partial charge in [-0.1, -0.05) is 163 Å². The summed E-state index contributed by atoms with van der Waals surface area (Å²) in [6, 6.07) is 72.8. The highest BCUT2D eigenvalue weighted by Crippen LogP contribution is 2.41. The minimum atomic E-state index is 0.899. The van der Waals surface area contributed by atoms with Crippen LogP contribution >= 0.6 is 0 Å². The molecule has 0 bridgehead atoms. The van der Waals surface area contributed by atoms with E-state index in [1.54, 1.807) is 6.20 Å². The van der Waals surface area contributed by atoms with E-state index in [-0.39, 0.29) is 0 Å². The molecule has 0 radical (unpaired) electrons. The third-order valence-corrected chi connectivity index (χ3v) is 14.1. The molecule has 0 fully saturated rings. The van der Waals surface area contributed by atoms with E-state index in [2.05, 4.69) is 210 Å². The molecule has 2 N–H and O–H groups in total. The van der Waals surface area contributed by atoms with Crippen LogP contribution in [0.5, 0.6) is 0 Å². The summed E-state index contributed by atoms with van der Waals surface area (Å²) < 4.78 is 0. The molecule has 0 amide bonds. The lowest BCUT2D eigenvalue weighted by molar-refractivity contribution is 1.35. The number of hydrogen-bond donors (Lipinski definition) is 1. The summed E-state index contributed by atoms with van der Waals surface area (Å²) in [7, 11) is 0. The number of benzene rings is 9. The molecule has 0 unspecified atom stereocenters. The molecule has 12 rings (SSSR count). The molecule has 0 atom stereocenters. The van der Waals surface area contributed by atoms with Gasteiger partial charge in [-0.05, 0) is 154 Å². The Balaban J connectivity index is 0.000000797. The van der Waals surface area contributed by atoms with Crippen LogP contribution in [0.2, 0.25) is 0 Å². The Morgan fingerprint density at radius 2 is 0.840 bits per heavy atom. The highest BCUT2D eigenvalue weighted by Gasteiger charge is 2.19. The van der Waals surface area contributed by atoms with Gasteiger partial charge in [0.25, 0.3) is 0 Å². The van der Waals surface area contributed by atoms with E-state index in [4.69, 9.17) is 25.7 Å². The fourth-order valence-corrected chi connectivity index (χ4v) is 10.2. The predicted octanol–water partition coefficient (Wildman–Crippen LogP) is 17.8. The standard InChI is InChI=1S/C63H47N5.C7H8/c1-40-14-4-9-19-53(40)59(33-64)49-28-48(29-52(30-49)62-39-67-36-46-18-8-12-22-56(46)62)57-25-24-43(32-58(57)42(3)68-63-23-13-5-15-41(63)2)47-26-50(60-37-65-34-44-16-6-10-20-54(44)60)31-51(27-47)61-38-66-35-45-17-7-11-21-55(45)61;1-7-5-3-2-4-6-7/h4-39H,64H2,1-3H3;2-6H,1H3/b59-33-,68-42?;. The molecular formula is C70H55N5. The van der Waals surface area contributed by atoms with E-state index in [1.807, 2.05) is 61.4 Å². The molecule has 5 heteroatoms. The number of nitrogens with zero attached hydrogens (tertiary/aromatic N) is 4. The van der Waals surface area contributed by atoms with E-state index in [0.29, 0.717) is 0 Å². The van der Waals surface area contributed by atoms with Crippen LogP contribution in [-0.4, -0.2) is 20.7 Å². The second-order valence-electron chi connectivity index (χ2n) is 19.1. The van der Waals surface area contributed by atoms with E-state index in [1.165, 1.54) is 5.56 Å². The van der Waals surface area contributed by atoms with Crippen molar-refractivity contribution in [2.24, 2.45) is 10.7 Å². The zero-order chi connectivity index (χ0) is 51.3. The van der Waals surface area contributed by atoms with Crippen LogP contribution in [0.1, 0.15) is 40.3 Å². The zero-order valence-corrected chi connectivity index (χ0v) is 42.5. The molecule has 0 saturated carbocycles. The molecule has 3 aromatic heterocycles.